The molecule has 2 radical (unpaired) electrons. The molecule has 0 N–H and O–H groups in total. The van der Waals surface area contributed by atoms with Crippen LogP contribution >= 0.6 is 0 Å². The molecule has 0 nitrogen and oxygen atoms in total. The van der Waals surface area contributed by atoms with Crippen LogP contribution in [0.2, 0.25) is 0 Å². The van der Waals surface area contributed by atoms with Crippen molar-refractivity contribution in [2.75, 3.05) is 0 Å². The summed E-state index contributed by atoms with van der Waals surface area (Å²) in [5.41, 5.74) is 7.02. The first-order valence-corrected chi connectivity index (χ1v) is 8.12. The van der Waals surface area contributed by atoms with Gasteiger partial charge in [0.15, 0.2) is 0 Å². The van der Waals surface area contributed by atoms with Crippen LogP contribution < -0.4 is 0 Å². The molecule has 0 spiro atoms. The Morgan fingerprint density at radius 2 is 1.22 bits per heavy atom. The molecule has 3 aliphatic carbocycles. The standard InChI is InChI=1S/C18H26/c1-3-9-15-11-7-8-12-16-10-4-2-6-14-18(16)17(15)13-5-1/h1-11,13-14H2. The van der Waals surface area contributed by atoms with Crippen molar-refractivity contribution in [1.29, 1.82) is 0 Å². The van der Waals surface area contributed by atoms with Crippen molar-refractivity contribution in [3.63, 3.8) is 0 Å². The zero-order valence-corrected chi connectivity index (χ0v) is 11.7. The van der Waals surface area contributed by atoms with E-state index in [0.29, 0.717) is 0 Å². The lowest BCUT2D eigenvalue weighted by molar-refractivity contribution is 0.687. The maximum Gasteiger partial charge on any atom is 0.0123 e. The van der Waals surface area contributed by atoms with E-state index in [9.17, 15) is 0 Å². The van der Waals surface area contributed by atoms with Crippen LogP contribution in [0.3, 0.4) is 0 Å². The molecule has 0 heteroatoms. The second kappa shape index (κ2) is 6.08. The first-order valence-electron chi connectivity index (χ1n) is 8.12. The van der Waals surface area contributed by atoms with E-state index >= 15 is 0 Å². The third-order valence-electron chi connectivity index (χ3n) is 4.91. The van der Waals surface area contributed by atoms with Gasteiger partial charge < -0.3 is 0 Å². The molecule has 18 heavy (non-hydrogen) atoms. The van der Waals surface area contributed by atoms with E-state index in [1.807, 2.05) is 5.57 Å². The molecule has 0 bridgehead atoms. The summed E-state index contributed by atoms with van der Waals surface area (Å²) in [4.78, 5) is 0. The minimum Gasteiger partial charge on any atom is -0.0667 e. The largest absolute Gasteiger partial charge is 0.0667 e. The van der Waals surface area contributed by atoms with Crippen LogP contribution in [-0.4, -0.2) is 0 Å². The zero-order valence-electron chi connectivity index (χ0n) is 11.7. The van der Waals surface area contributed by atoms with Gasteiger partial charge in [-0.1, -0.05) is 24.0 Å². The Labute approximate surface area is 113 Å². The fourth-order valence-electron chi connectivity index (χ4n) is 3.94. The number of fused-ring (bicyclic) bond motifs is 1. The molecule has 0 aliphatic heterocycles. The maximum atomic E-state index is 3.76. The Bertz CT molecular complexity index is 320. The predicted octanol–water partition coefficient (Wildman–Crippen LogP) is 5.77. The molecule has 0 unspecified atom stereocenters. The normalized spacial score (nSPS) is 26.7. The molecule has 0 fully saturated rings. The second-order valence-electron chi connectivity index (χ2n) is 6.19. The lowest BCUT2D eigenvalue weighted by Gasteiger charge is -2.22. The van der Waals surface area contributed by atoms with Gasteiger partial charge in [0.2, 0.25) is 0 Å². The van der Waals surface area contributed by atoms with E-state index in [1.54, 1.807) is 16.7 Å². The Balaban J connectivity index is 1.97. The predicted molar refractivity (Wildman–Crippen MR) is 77.3 cm³/mol. The van der Waals surface area contributed by atoms with Gasteiger partial charge >= 0.3 is 0 Å². The fourth-order valence-corrected chi connectivity index (χ4v) is 3.94. The van der Waals surface area contributed by atoms with Gasteiger partial charge in [-0.25, -0.2) is 0 Å². The van der Waals surface area contributed by atoms with Crippen molar-refractivity contribution in [3.8, 4) is 0 Å². The van der Waals surface area contributed by atoms with Gasteiger partial charge in [0.25, 0.3) is 0 Å². The second-order valence-corrected chi connectivity index (χ2v) is 6.19. The van der Waals surface area contributed by atoms with Gasteiger partial charge in [0, 0.05) is 6.42 Å². The number of allylic oxidation sites excluding steroid dienone is 4. The molecular weight excluding hydrogens is 216 g/mol. The summed E-state index contributed by atoms with van der Waals surface area (Å²) in [5, 5.41) is 0. The van der Waals surface area contributed by atoms with Gasteiger partial charge in [0.05, 0.1) is 0 Å². The molecule has 3 rings (SSSR count). The van der Waals surface area contributed by atoms with E-state index in [4.69, 9.17) is 0 Å². The van der Waals surface area contributed by atoms with E-state index in [-0.39, 0.29) is 0 Å². The van der Waals surface area contributed by atoms with Crippen LogP contribution in [-0.2, 0) is 0 Å². The highest BCUT2D eigenvalue weighted by atomic mass is 14.3. The van der Waals surface area contributed by atoms with Gasteiger partial charge in [-0.3, -0.25) is 0 Å². The zero-order chi connectivity index (χ0) is 12.2. The molecule has 0 atom stereocenters. The fraction of sp³-hybridized carbons (Fsp3) is 0.722. The van der Waals surface area contributed by atoms with E-state index in [2.05, 4.69) is 6.42 Å². The third kappa shape index (κ3) is 2.73. The summed E-state index contributed by atoms with van der Waals surface area (Å²) in [6.45, 7) is 0. The molecule has 0 aromatic carbocycles. The van der Waals surface area contributed by atoms with Gasteiger partial charge in [-0.05, 0) is 81.8 Å². The summed E-state index contributed by atoms with van der Waals surface area (Å²) in [7, 11) is 0. The summed E-state index contributed by atoms with van der Waals surface area (Å²) in [6, 6.07) is 0. The molecule has 0 aromatic rings. The van der Waals surface area contributed by atoms with Crippen LogP contribution in [0.4, 0.5) is 0 Å². The lowest BCUT2D eigenvalue weighted by atomic mass is 9.83. The highest BCUT2D eigenvalue weighted by Gasteiger charge is 2.21. The molecule has 0 aromatic heterocycles. The van der Waals surface area contributed by atoms with Crippen LogP contribution in [0, 0.1) is 6.42 Å². The quantitative estimate of drug-likeness (QED) is 0.505. The lowest BCUT2D eigenvalue weighted by Crippen LogP contribution is -2.03. The van der Waals surface area contributed by atoms with Crippen molar-refractivity contribution in [2.45, 2.75) is 83.5 Å². The average Bonchev–Trinajstić information content (AvgIpc) is 2.71. The van der Waals surface area contributed by atoms with Gasteiger partial charge in [-0.15, -0.1) is 0 Å². The van der Waals surface area contributed by atoms with Crippen LogP contribution in [0.15, 0.2) is 22.3 Å². The number of hydrogen-bond donors (Lipinski definition) is 0. The molecule has 3 aliphatic rings. The minimum atomic E-state index is 1.20. The molecule has 0 amide bonds. The van der Waals surface area contributed by atoms with E-state index in [1.165, 1.54) is 83.5 Å². The SMILES string of the molecule is [C]1CCCC2=C(CCCCC2)C2=C1CCCCC2. The minimum absolute atomic E-state index is 1.20. The monoisotopic (exact) mass is 242 g/mol. The summed E-state index contributed by atoms with van der Waals surface area (Å²) < 4.78 is 0. The highest BCUT2D eigenvalue weighted by molar-refractivity contribution is 5.43. The first-order chi connectivity index (χ1) is 8.95. The van der Waals surface area contributed by atoms with Crippen molar-refractivity contribution < 1.29 is 0 Å². The Kier molecular flexibility index (Phi) is 4.23. The molecule has 0 heterocycles. The molecule has 0 saturated heterocycles. The van der Waals surface area contributed by atoms with Crippen molar-refractivity contribution in [3.05, 3.63) is 28.7 Å². The number of hydrogen-bond acceptors (Lipinski definition) is 0. The van der Waals surface area contributed by atoms with Crippen molar-refractivity contribution in [2.24, 2.45) is 0 Å². The van der Waals surface area contributed by atoms with Crippen molar-refractivity contribution >= 4 is 0 Å². The Morgan fingerprint density at radius 3 is 2.11 bits per heavy atom. The van der Waals surface area contributed by atoms with Gasteiger partial charge in [0.1, 0.15) is 0 Å². The van der Waals surface area contributed by atoms with Crippen LogP contribution in [0.5, 0.6) is 0 Å². The molecular formula is C18H26. The first kappa shape index (κ1) is 12.5. The van der Waals surface area contributed by atoms with Crippen LogP contribution in [0.1, 0.15) is 83.5 Å². The maximum absolute atomic E-state index is 3.76. The van der Waals surface area contributed by atoms with E-state index < -0.39 is 0 Å². The van der Waals surface area contributed by atoms with E-state index in [0.717, 1.165) is 0 Å². The smallest absolute Gasteiger partial charge is 0.0123 e. The Hall–Kier alpha value is -0.520. The Morgan fingerprint density at radius 1 is 0.556 bits per heavy atom. The average molecular weight is 242 g/mol. The topological polar surface area (TPSA) is 0 Å². The summed E-state index contributed by atoms with van der Waals surface area (Å²) in [5.74, 6) is 0. The number of rotatable bonds is 0. The van der Waals surface area contributed by atoms with Crippen molar-refractivity contribution in [1.82, 2.24) is 0 Å². The summed E-state index contributed by atoms with van der Waals surface area (Å²) >= 11 is 0. The van der Waals surface area contributed by atoms with Crippen LogP contribution in [0.25, 0.3) is 0 Å². The molecule has 0 saturated carbocycles. The highest BCUT2D eigenvalue weighted by Crippen LogP contribution is 2.40. The molecule has 98 valence electrons. The summed E-state index contributed by atoms with van der Waals surface area (Å²) in [6.07, 6.45) is 21.6. The third-order valence-corrected chi connectivity index (χ3v) is 4.91. The van der Waals surface area contributed by atoms with Gasteiger partial charge in [-0.2, -0.15) is 0 Å².